The molecule has 1 aliphatic carbocycles. The number of benzene rings is 1. The zero-order valence-electron chi connectivity index (χ0n) is 12.6. The Labute approximate surface area is 133 Å². The van der Waals surface area contributed by atoms with E-state index in [-0.39, 0.29) is 17.6 Å². The van der Waals surface area contributed by atoms with Gasteiger partial charge in [0.05, 0.1) is 10.7 Å². The van der Waals surface area contributed by atoms with E-state index in [1.807, 2.05) is 6.92 Å². The average molecular weight is 318 g/mol. The Balaban J connectivity index is 1.49. The maximum Gasteiger partial charge on any atom is 0.223 e. The first-order chi connectivity index (χ1) is 10.6. The van der Waals surface area contributed by atoms with Gasteiger partial charge in [0.15, 0.2) is 0 Å². The summed E-state index contributed by atoms with van der Waals surface area (Å²) in [5, 5.41) is 4.09. The molecule has 1 N–H and O–H groups in total. The van der Waals surface area contributed by atoms with Gasteiger partial charge in [-0.1, -0.05) is 12.1 Å². The van der Waals surface area contributed by atoms with Crippen LogP contribution < -0.4 is 5.32 Å². The topological polar surface area (TPSA) is 42.0 Å². The number of nitrogens with one attached hydrogen (secondary N) is 1. The number of thiazole rings is 1. The van der Waals surface area contributed by atoms with Crippen molar-refractivity contribution in [3.8, 4) is 0 Å². The van der Waals surface area contributed by atoms with Crippen molar-refractivity contribution < 1.29 is 9.18 Å². The van der Waals surface area contributed by atoms with Crippen molar-refractivity contribution in [1.82, 2.24) is 10.3 Å². The van der Waals surface area contributed by atoms with Crippen LogP contribution in [0.25, 0.3) is 0 Å². The molecule has 3 rings (SSSR count). The molecule has 0 saturated heterocycles. The number of nitrogens with zero attached hydrogens (tertiary/aromatic N) is 1. The fourth-order valence-corrected chi connectivity index (χ4v) is 3.92. The number of hydrogen-bond acceptors (Lipinski definition) is 3. The molecule has 0 radical (unpaired) electrons. The maximum absolute atomic E-state index is 12.8. The quantitative estimate of drug-likeness (QED) is 0.941. The molecule has 0 saturated carbocycles. The minimum Gasteiger partial charge on any atom is -0.356 e. The highest BCUT2D eigenvalue weighted by Gasteiger charge is 2.26. The SMILES string of the molecule is Cc1nc2c(s1)CC(C(=O)NCCc1ccc(F)cc1)CC2. The molecular weight excluding hydrogens is 299 g/mol. The molecule has 2 aromatic rings. The molecule has 0 bridgehead atoms. The Morgan fingerprint density at radius 1 is 1.41 bits per heavy atom. The third kappa shape index (κ3) is 3.53. The minimum absolute atomic E-state index is 0.0561. The number of carbonyl (C=O) groups excluding carboxylic acids is 1. The van der Waals surface area contributed by atoms with Crippen molar-refractivity contribution >= 4 is 17.2 Å². The van der Waals surface area contributed by atoms with Gasteiger partial charge in [0, 0.05) is 17.3 Å². The zero-order valence-corrected chi connectivity index (χ0v) is 13.4. The first-order valence-corrected chi connectivity index (χ1v) is 8.41. The molecule has 3 nitrogen and oxygen atoms in total. The largest absolute Gasteiger partial charge is 0.356 e. The summed E-state index contributed by atoms with van der Waals surface area (Å²) in [6.45, 7) is 2.61. The summed E-state index contributed by atoms with van der Waals surface area (Å²) < 4.78 is 12.8. The Hall–Kier alpha value is -1.75. The van der Waals surface area contributed by atoms with Crippen LogP contribution in [0.1, 0.15) is 27.6 Å². The van der Waals surface area contributed by atoms with Crippen LogP contribution >= 0.6 is 11.3 Å². The van der Waals surface area contributed by atoms with Crippen LogP contribution in [0, 0.1) is 18.7 Å². The molecule has 22 heavy (non-hydrogen) atoms. The van der Waals surface area contributed by atoms with E-state index in [1.165, 1.54) is 22.7 Å². The van der Waals surface area contributed by atoms with Gasteiger partial charge in [0.1, 0.15) is 5.82 Å². The van der Waals surface area contributed by atoms with E-state index < -0.39 is 0 Å². The van der Waals surface area contributed by atoms with Crippen LogP contribution in [-0.2, 0) is 24.1 Å². The molecule has 116 valence electrons. The van der Waals surface area contributed by atoms with Crippen molar-refractivity contribution in [2.75, 3.05) is 6.54 Å². The van der Waals surface area contributed by atoms with E-state index in [0.717, 1.165) is 36.3 Å². The molecule has 1 unspecified atom stereocenters. The Morgan fingerprint density at radius 3 is 2.95 bits per heavy atom. The Kier molecular flexibility index (Phi) is 4.52. The number of carbonyl (C=O) groups is 1. The third-order valence-corrected chi connectivity index (χ3v) is 5.08. The first kappa shape index (κ1) is 15.2. The van der Waals surface area contributed by atoms with Crippen LogP contribution in [0.5, 0.6) is 0 Å². The van der Waals surface area contributed by atoms with Crippen molar-refractivity contribution in [3.05, 3.63) is 51.2 Å². The van der Waals surface area contributed by atoms with E-state index >= 15 is 0 Å². The lowest BCUT2D eigenvalue weighted by molar-refractivity contribution is -0.125. The van der Waals surface area contributed by atoms with Gasteiger partial charge in [0.2, 0.25) is 5.91 Å². The van der Waals surface area contributed by atoms with Crippen molar-refractivity contribution in [2.45, 2.75) is 32.6 Å². The summed E-state index contributed by atoms with van der Waals surface area (Å²) in [6, 6.07) is 6.42. The molecule has 1 aliphatic rings. The number of halogens is 1. The second kappa shape index (κ2) is 6.57. The molecular formula is C17H19FN2OS. The summed E-state index contributed by atoms with van der Waals surface area (Å²) in [7, 11) is 0. The van der Waals surface area contributed by atoms with Gasteiger partial charge in [-0.25, -0.2) is 9.37 Å². The smallest absolute Gasteiger partial charge is 0.223 e. The number of aryl methyl sites for hydroxylation is 2. The molecule has 1 heterocycles. The second-order valence-corrected chi connectivity index (χ2v) is 7.00. The lowest BCUT2D eigenvalue weighted by atomic mass is 9.90. The normalized spacial score (nSPS) is 17.1. The summed E-state index contributed by atoms with van der Waals surface area (Å²) in [6.07, 6.45) is 3.31. The highest BCUT2D eigenvalue weighted by molar-refractivity contribution is 7.11. The van der Waals surface area contributed by atoms with Gasteiger partial charge >= 0.3 is 0 Å². The zero-order chi connectivity index (χ0) is 15.5. The highest BCUT2D eigenvalue weighted by atomic mass is 32.1. The number of rotatable bonds is 4. The second-order valence-electron chi connectivity index (χ2n) is 5.71. The van der Waals surface area contributed by atoms with E-state index in [4.69, 9.17) is 0 Å². The van der Waals surface area contributed by atoms with E-state index in [2.05, 4.69) is 10.3 Å². The summed E-state index contributed by atoms with van der Waals surface area (Å²) >= 11 is 1.71. The lowest BCUT2D eigenvalue weighted by Crippen LogP contribution is -2.35. The molecule has 1 aromatic carbocycles. The lowest BCUT2D eigenvalue weighted by Gasteiger charge is -2.20. The maximum atomic E-state index is 12.8. The van der Waals surface area contributed by atoms with Crippen LogP contribution in [0.4, 0.5) is 4.39 Å². The third-order valence-electron chi connectivity index (χ3n) is 4.04. The molecule has 1 amide bonds. The molecule has 0 aliphatic heterocycles. The summed E-state index contributed by atoms with van der Waals surface area (Å²) in [5.41, 5.74) is 2.21. The van der Waals surface area contributed by atoms with Crippen LogP contribution in [0.3, 0.4) is 0 Å². The fraction of sp³-hybridized carbons (Fsp3) is 0.412. The van der Waals surface area contributed by atoms with Gasteiger partial charge in [0.25, 0.3) is 0 Å². The molecule has 0 fully saturated rings. The average Bonchev–Trinajstić information content (AvgIpc) is 2.88. The Morgan fingerprint density at radius 2 is 2.18 bits per heavy atom. The molecule has 1 aromatic heterocycles. The number of aromatic nitrogens is 1. The van der Waals surface area contributed by atoms with E-state index in [9.17, 15) is 9.18 Å². The standard InChI is InChI=1S/C17H19FN2OS/c1-11-20-15-7-4-13(10-16(15)22-11)17(21)19-9-8-12-2-5-14(18)6-3-12/h2-3,5-6,13H,4,7-10H2,1H3,(H,19,21). The van der Waals surface area contributed by atoms with Gasteiger partial charge in [-0.15, -0.1) is 11.3 Å². The summed E-state index contributed by atoms with van der Waals surface area (Å²) in [5.74, 6) is -0.0509. The van der Waals surface area contributed by atoms with Crippen LogP contribution in [0.15, 0.2) is 24.3 Å². The first-order valence-electron chi connectivity index (χ1n) is 7.59. The molecule has 5 heteroatoms. The predicted octanol–water partition coefficient (Wildman–Crippen LogP) is 3.05. The van der Waals surface area contributed by atoms with Crippen molar-refractivity contribution in [1.29, 1.82) is 0 Å². The van der Waals surface area contributed by atoms with Gasteiger partial charge in [-0.3, -0.25) is 4.79 Å². The van der Waals surface area contributed by atoms with Gasteiger partial charge in [-0.2, -0.15) is 0 Å². The van der Waals surface area contributed by atoms with Gasteiger partial charge in [-0.05, 0) is 50.3 Å². The molecule has 0 spiro atoms. The van der Waals surface area contributed by atoms with Crippen molar-refractivity contribution in [2.24, 2.45) is 5.92 Å². The monoisotopic (exact) mass is 318 g/mol. The number of hydrogen-bond donors (Lipinski definition) is 1. The molecule has 1 atom stereocenters. The summed E-state index contributed by atoms with van der Waals surface area (Å²) in [4.78, 5) is 18.0. The van der Waals surface area contributed by atoms with E-state index in [0.29, 0.717) is 6.54 Å². The number of fused-ring (bicyclic) bond motifs is 1. The Bertz CT molecular complexity index is 666. The van der Waals surface area contributed by atoms with Crippen LogP contribution in [-0.4, -0.2) is 17.4 Å². The number of amides is 1. The minimum atomic E-state index is -0.231. The van der Waals surface area contributed by atoms with Crippen molar-refractivity contribution in [3.63, 3.8) is 0 Å². The fourth-order valence-electron chi connectivity index (χ4n) is 2.85. The van der Waals surface area contributed by atoms with Gasteiger partial charge < -0.3 is 5.32 Å². The van der Waals surface area contributed by atoms with E-state index in [1.54, 1.807) is 23.5 Å². The highest BCUT2D eigenvalue weighted by Crippen LogP contribution is 2.29. The predicted molar refractivity (Wildman–Crippen MR) is 85.5 cm³/mol. The van der Waals surface area contributed by atoms with Crippen LogP contribution in [0.2, 0.25) is 0 Å².